The minimum Gasteiger partial charge on any atom is -0.478 e. The molecule has 0 spiro atoms. The van der Waals surface area contributed by atoms with Gasteiger partial charge in [0.2, 0.25) is 0 Å². The third-order valence-electron chi connectivity index (χ3n) is 1.72. The second-order valence-electron chi connectivity index (χ2n) is 2.66. The Hall–Kier alpha value is -2.04. The summed E-state index contributed by atoms with van der Waals surface area (Å²) in [7, 11) is 1.59. The first-order valence-corrected chi connectivity index (χ1v) is 3.84. The second-order valence-corrected chi connectivity index (χ2v) is 2.66. The Bertz CT molecular complexity index is 355. The summed E-state index contributed by atoms with van der Waals surface area (Å²) in [6, 6.07) is 3.86. The Balaban J connectivity index is 0.00000196. The molecule has 3 N–H and O–H groups in total. The molecule has 0 saturated carbocycles. The average Bonchev–Trinajstić information content (AvgIpc) is 2.16. The molecule has 1 aromatic carbocycles. The van der Waals surface area contributed by atoms with E-state index in [4.69, 9.17) is 10.2 Å². The fourth-order valence-corrected chi connectivity index (χ4v) is 1.02. The summed E-state index contributed by atoms with van der Waals surface area (Å²) in [6.07, 6.45) is 0. The van der Waals surface area contributed by atoms with Crippen LogP contribution in [-0.4, -0.2) is 29.2 Å². The van der Waals surface area contributed by atoms with Crippen LogP contribution in [-0.2, 0) is 0 Å². The monoisotopic (exact) mass is 211 g/mol. The molecule has 0 aliphatic heterocycles. The highest BCUT2D eigenvalue weighted by atomic mass is 16.4. The molecule has 1 aromatic rings. The first kappa shape index (κ1) is 13.0. The van der Waals surface area contributed by atoms with Crippen LogP contribution in [0.1, 0.15) is 28.1 Å². The number of hydrogen-bond donors (Lipinski definition) is 3. The van der Waals surface area contributed by atoms with Crippen LogP contribution in [0.3, 0.4) is 0 Å². The summed E-state index contributed by atoms with van der Waals surface area (Å²) >= 11 is 0. The minimum atomic E-state index is -1.15. The molecule has 0 aromatic heterocycles. The summed E-state index contributed by atoms with van der Waals surface area (Å²) in [4.78, 5) is 21.2. The van der Waals surface area contributed by atoms with E-state index in [0.717, 1.165) is 6.07 Å². The van der Waals surface area contributed by atoms with E-state index in [0.29, 0.717) is 5.69 Å². The maximum absolute atomic E-state index is 10.6. The molecule has 0 radical (unpaired) electrons. The van der Waals surface area contributed by atoms with E-state index in [1.165, 1.54) is 12.1 Å². The molecular weight excluding hydrogens is 198 g/mol. The Labute approximate surface area is 87.4 Å². The normalized spacial score (nSPS) is 8.87. The van der Waals surface area contributed by atoms with Crippen molar-refractivity contribution in [1.29, 1.82) is 0 Å². The molecule has 0 aliphatic carbocycles. The summed E-state index contributed by atoms with van der Waals surface area (Å²) in [5.41, 5.74) is 0.366. The molecule has 0 bridgehead atoms. The summed E-state index contributed by atoms with van der Waals surface area (Å²) in [6.45, 7) is 0. The molecule has 0 unspecified atom stereocenters. The van der Waals surface area contributed by atoms with Gasteiger partial charge >= 0.3 is 11.9 Å². The molecule has 0 saturated heterocycles. The van der Waals surface area contributed by atoms with Crippen molar-refractivity contribution in [3.05, 3.63) is 29.3 Å². The summed E-state index contributed by atoms with van der Waals surface area (Å²) < 4.78 is 0. The number of carbonyl (C=O) groups is 2. The molecule has 82 valence electrons. The van der Waals surface area contributed by atoms with Gasteiger partial charge in [0.1, 0.15) is 0 Å². The lowest BCUT2D eigenvalue weighted by molar-refractivity contribution is 0.0696. The van der Waals surface area contributed by atoms with Crippen LogP contribution in [0.25, 0.3) is 0 Å². The van der Waals surface area contributed by atoms with Gasteiger partial charge in [-0.2, -0.15) is 0 Å². The van der Waals surface area contributed by atoms with Gasteiger partial charge in [0.15, 0.2) is 0 Å². The Morgan fingerprint density at radius 2 is 1.47 bits per heavy atom. The molecule has 0 aliphatic rings. The van der Waals surface area contributed by atoms with Crippen LogP contribution >= 0.6 is 0 Å². The highest BCUT2D eigenvalue weighted by molar-refractivity contribution is 5.95. The maximum Gasteiger partial charge on any atom is 0.335 e. The van der Waals surface area contributed by atoms with Crippen molar-refractivity contribution in [2.45, 2.75) is 7.43 Å². The summed E-state index contributed by atoms with van der Waals surface area (Å²) in [5.74, 6) is -2.30. The van der Waals surface area contributed by atoms with E-state index in [-0.39, 0.29) is 18.6 Å². The fourth-order valence-electron chi connectivity index (χ4n) is 1.02. The van der Waals surface area contributed by atoms with Crippen molar-refractivity contribution in [1.82, 2.24) is 0 Å². The van der Waals surface area contributed by atoms with Gasteiger partial charge in [0.25, 0.3) is 0 Å². The van der Waals surface area contributed by atoms with Gasteiger partial charge in [-0.25, -0.2) is 9.59 Å². The number of carboxylic acid groups (broad SMARTS) is 2. The predicted octanol–water partition coefficient (Wildman–Crippen LogP) is 1.76. The number of aromatic carboxylic acids is 2. The van der Waals surface area contributed by atoms with Crippen LogP contribution in [0, 0.1) is 0 Å². The standard InChI is InChI=1S/C9H9NO4.CH4/c1-10-7-3-5(8(11)12)2-6(4-7)9(13)14;/h2-4,10H,1H3,(H,11,12)(H,13,14);1H4. The molecule has 0 amide bonds. The highest BCUT2D eigenvalue weighted by Gasteiger charge is 2.10. The molecule has 1 rings (SSSR count). The predicted molar refractivity (Wildman–Crippen MR) is 56.6 cm³/mol. The van der Waals surface area contributed by atoms with Crippen LogP contribution in [0.4, 0.5) is 5.69 Å². The van der Waals surface area contributed by atoms with Gasteiger partial charge in [0, 0.05) is 12.7 Å². The van der Waals surface area contributed by atoms with Crippen LogP contribution in [0.5, 0.6) is 0 Å². The van der Waals surface area contributed by atoms with E-state index in [2.05, 4.69) is 5.32 Å². The zero-order valence-electron chi connectivity index (χ0n) is 7.44. The average molecular weight is 211 g/mol. The van der Waals surface area contributed by atoms with Gasteiger partial charge in [-0.15, -0.1) is 0 Å². The van der Waals surface area contributed by atoms with Gasteiger partial charge < -0.3 is 15.5 Å². The zero-order valence-corrected chi connectivity index (χ0v) is 7.44. The molecule has 15 heavy (non-hydrogen) atoms. The van der Waals surface area contributed by atoms with Crippen molar-refractivity contribution in [3.8, 4) is 0 Å². The lowest BCUT2D eigenvalue weighted by Crippen LogP contribution is -2.04. The van der Waals surface area contributed by atoms with E-state index in [9.17, 15) is 9.59 Å². The Kier molecular flexibility index (Phi) is 4.32. The van der Waals surface area contributed by atoms with Crippen LogP contribution < -0.4 is 5.32 Å². The Morgan fingerprint density at radius 3 is 1.73 bits per heavy atom. The lowest BCUT2D eigenvalue weighted by atomic mass is 10.1. The van der Waals surface area contributed by atoms with Crippen LogP contribution in [0.15, 0.2) is 18.2 Å². The van der Waals surface area contributed by atoms with E-state index in [1.807, 2.05) is 0 Å². The number of rotatable bonds is 3. The fraction of sp³-hybridized carbons (Fsp3) is 0.200. The van der Waals surface area contributed by atoms with Crippen molar-refractivity contribution in [2.75, 3.05) is 12.4 Å². The minimum absolute atomic E-state index is 0. The van der Waals surface area contributed by atoms with Gasteiger partial charge in [0.05, 0.1) is 11.1 Å². The largest absolute Gasteiger partial charge is 0.478 e. The van der Waals surface area contributed by atoms with Crippen molar-refractivity contribution >= 4 is 17.6 Å². The van der Waals surface area contributed by atoms with Crippen molar-refractivity contribution < 1.29 is 19.8 Å². The van der Waals surface area contributed by atoms with Crippen LogP contribution in [0.2, 0.25) is 0 Å². The number of anilines is 1. The first-order chi connectivity index (χ1) is 6.54. The maximum atomic E-state index is 10.6. The number of carboxylic acids is 2. The zero-order chi connectivity index (χ0) is 10.7. The van der Waals surface area contributed by atoms with Crippen molar-refractivity contribution in [2.24, 2.45) is 0 Å². The number of hydrogen-bond acceptors (Lipinski definition) is 3. The molecule has 0 fully saturated rings. The Morgan fingerprint density at radius 1 is 1.07 bits per heavy atom. The van der Waals surface area contributed by atoms with E-state index >= 15 is 0 Å². The van der Waals surface area contributed by atoms with Gasteiger partial charge in [-0.05, 0) is 18.2 Å². The SMILES string of the molecule is C.CNc1cc(C(=O)O)cc(C(=O)O)c1. The summed E-state index contributed by atoms with van der Waals surface area (Å²) in [5, 5.41) is 20.1. The third-order valence-corrected chi connectivity index (χ3v) is 1.72. The second kappa shape index (κ2) is 4.99. The van der Waals surface area contributed by atoms with Gasteiger partial charge in [-0.1, -0.05) is 7.43 Å². The first-order valence-electron chi connectivity index (χ1n) is 3.84. The molecule has 5 heteroatoms. The lowest BCUT2D eigenvalue weighted by Gasteiger charge is -2.03. The number of nitrogens with one attached hydrogen (secondary N) is 1. The topological polar surface area (TPSA) is 86.6 Å². The molecule has 5 nitrogen and oxygen atoms in total. The quantitative estimate of drug-likeness (QED) is 0.709. The molecule has 0 atom stereocenters. The van der Waals surface area contributed by atoms with E-state index < -0.39 is 11.9 Å². The molecular formula is C10H13NO4. The number of benzene rings is 1. The third kappa shape index (κ3) is 2.98. The molecule has 0 heterocycles. The highest BCUT2D eigenvalue weighted by Crippen LogP contribution is 2.14. The van der Waals surface area contributed by atoms with E-state index in [1.54, 1.807) is 7.05 Å². The van der Waals surface area contributed by atoms with Crippen molar-refractivity contribution in [3.63, 3.8) is 0 Å². The smallest absolute Gasteiger partial charge is 0.335 e. The van der Waals surface area contributed by atoms with Gasteiger partial charge in [-0.3, -0.25) is 0 Å².